The Morgan fingerprint density at radius 3 is 2.91 bits per heavy atom. The Morgan fingerprint density at radius 1 is 1.18 bits per heavy atom. The maximum absolute atomic E-state index is 6.44. The highest BCUT2D eigenvalue weighted by Gasteiger charge is 2.46. The third kappa shape index (κ3) is 3.24. The lowest BCUT2D eigenvalue weighted by atomic mass is 10.0. The first-order valence-corrected chi connectivity index (χ1v) is 11.8. The lowest BCUT2D eigenvalue weighted by molar-refractivity contribution is 0.122. The van der Waals surface area contributed by atoms with Gasteiger partial charge >= 0.3 is 0 Å². The van der Waals surface area contributed by atoms with E-state index in [1.807, 2.05) is 12.3 Å². The SMILES string of the molecule is C[C@@]12CC(CN1)N(Cc1cc3nc(-c4cccc5[nH]ccc45)nc(N4CCOCC4)c3o1)C2. The molecule has 1 aromatic carbocycles. The van der Waals surface area contributed by atoms with Crippen molar-refractivity contribution in [2.75, 3.05) is 44.3 Å². The van der Waals surface area contributed by atoms with Gasteiger partial charge in [0.25, 0.3) is 0 Å². The molecular weight excluding hydrogens is 416 g/mol. The van der Waals surface area contributed by atoms with Gasteiger partial charge in [0.15, 0.2) is 17.2 Å². The molecule has 6 heterocycles. The van der Waals surface area contributed by atoms with Crippen LogP contribution in [0.4, 0.5) is 5.82 Å². The van der Waals surface area contributed by atoms with Gasteiger partial charge < -0.3 is 24.4 Å². The minimum atomic E-state index is 0.234. The van der Waals surface area contributed by atoms with E-state index in [2.05, 4.69) is 51.3 Å². The minimum absolute atomic E-state index is 0.234. The summed E-state index contributed by atoms with van der Waals surface area (Å²) in [6, 6.07) is 11.0. The second kappa shape index (κ2) is 7.28. The molecular formula is C25H28N6O2. The van der Waals surface area contributed by atoms with Crippen LogP contribution in [0.15, 0.2) is 40.9 Å². The van der Waals surface area contributed by atoms with Gasteiger partial charge in [-0.25, -0.2) is 9.97 Å². The van der Waals surface area contributed by atoms with Gasteiger partial charge in [0.1, 0.15) is 11.3 Å². The van der Waals surface area contributed by atoms with E-state index in [0.717, 1.165) is 77.7 Å². The van der Waals surface area contributed by atoms with E-state index >= 15 is 0 Å². The van der Waals surface area contributed by atoms with E-state index < -0.39 is 0 Å². The van der Waals surface area contributed by atoms with Crippen LogP contribution in [0, 0.1) is 0 Å². The van der Waals surface area contributed by atoms with Crippen LogP contribution in [0.2, 0.25) is 0 Å². The number of H-pyrrole nitrogens is 1. The van der Waals surface area contributed by atoms with Crippen LogP contribution >= 0.6 is 0 Å². The maximum Gasteiger partial charge on any atom is 0.195 e. The zero-order valence-electron chi connectivity index (χ0n) is 18.8. The highest BCUT2D eigenvalue weighted by molar-refractivity contribution is 5.95. The Balaban J connectivity index is 1.32. The van der Waals surface area contributed by atoms with Crippen LogP contribution in [0.25, 0.3) is 33.4 Å². The summed E-state index contributed by atoms with van der Waals surface area (Å²) in [5.41, 5.74) is 4.01. The molecule has 0 saturated carbocycles. The molecule has 2 bridgehead atoms. The Morgan fingerprint density at radius 2 is 2.09 bits per heavy atom. The number of hydrogen-bond acceptors (Lipinski definition) is 7. The van der Waals surface area contributed by atoms with Gasteiger partial charge in [0.2, 0.25) is 0 Å². The van der Waals surface area contributed by atoms with Crippen molar-refractivity contribution in [1.82, 2.24) is 25.2 Å². The quantitative estimate of drug-likeness (QED) is 0.500. The van der Waals surface area contributed by atoms with Crippen molar-refractivity contribution in [1.29, 1.82) is 0 Å². The van der Waals surface area contributed by atoms with Crippen molar-refractivity contribution in [2.24, 2.45) is 0 Å². The first kappa shape index (κ1) is 19.5. The molecule has 0 aliphatic carbocycles. The zero-order chi connectivity index (χ0) is 22.0. The molecule has 3 aliphatic heterocycles. The highest BCUT2D eigenvalue weighted by atomic mass is 16.5. The average Bonchev–Trinajstić information content (AvgIpc) is 3.60. The predicted octanol–water partition coefficient (Wildman–Crippen LogP) is 3.14. The summed E-state index contributed by atoms with van der Waals surface area (Å²) in [5.74, 6) is 2.56. The lowest BCUT2D eigenvalue weighted by Crippen LogP contribution is -2.49. The van der Waals surface area contributed by atoms with Crippen LogP contribution in [0.5, 0.6) is 0 Å². The molecule has 4 aromatic rings. The smallest absolute Gasteiger partial charge is 0.195 e. The van der Waals surface area contributed by atoms with Crippen molar-refractivity contribution < 1.29 is 9.15 Å². The fourth-order valence-electron chi connectivity index (χ4n) is 5.80. The fourth-order valence-corrected chi connectivity index (χ4v) is 5.80. The average molecular weight is 445 g/mol. The van der Waals surface area contributed by atoms with Gasteiger partial charge in [-0.2, -0.15) is 0 Å². The van der Waals surface area contributed by atoms with Crippen molar-refractivity contribution in [3.05, 3.63) is 42.3 Å². The van der Waals surface area contributed by atoms with Crippen molar-refractivity contribution in [3.8, 4) is 11.4 Å². The fraction of sp³-hybridized carbons (Fsp3) is 0.440. The van der Waals surface area contributed by atoms with Crippen molar-refractivity contribution in [3.63, 3.8) is 0 Å². The van der Waals surface area contributed by atoms with E-state index in [0.29, 0.717) is 19.3 Å². The number of morpholine rings is 1. The molecule has 3 fully saturated rings. The van der Waals surface area contributed by atoms with Crippen LogP contribution in [-0.2, 0) is 11.3 Å². The molecule has 1 unspecified atom stereocenters. The minimum Gasteiger partial charge on any atom is -0.454 e. The Labute approximate surface area is 191 Å². The Hall–Kier alpha value is -2.94. The van der Waals surface area contributed by atoms with E-state index in [4.69, 9.17) is 19.1 Å². The molecule has 0 spiro atoms. The number of ether oxygens (including phenoxy) is 1. The van der Waals surface area contributed by atoms with Gasteiger partial charge in [-0.15, -0.1) is 0 Å². The van der Waals surface area contributed by atoms with Gasteiger partial charge in [-0.3, -0.25) is 4.90 Å². The van der Waals surface area contributed by atoms with Crippen LogP contribution in [-0.4, -0.2) is 70.8 Å². The Kier molecular flexibility index (Phi) is 4.31. The standard InChI is InChI=1S/C25H28N6O2/c1-25-12-16(13-27-25)31(15-25)14-17-11-21-22(33-17)24(30-7-9-32-10-8-30)29-23(28-21)19-3-2-4-20-18(19)5-6-26-20/h2-6,11,16,26-27H,7-10,12-15H2,1H3/t16?,25-/m0/s1. The summed E-state index contributed by atoms with van der Waals surface area (Å²) in [6.45, 7) is 8.23. The second-order valence-corrected chi connectivity index (χ2v) is 9.85. The monoisotopic (exact) mass is 444 g/mol. The topological polar surface area (TPSA) is 82.5 Å². The number of aromatic nitrogens is 3. The number of benzene rings is 1. The number of anilines is 1. The molecule has 7 rings (SSSR count). The number of rotatable bonds is 4. The molecule has 2 N–H and O–H groups in total. The number of aromatic amines is 1. The third-order valence-electron chi connectivity index (χ3n) is 7.43. The largest absolute Gasteiger partial charge is 0.454 e. The molecule has 0 amide bonds. The maximum atomic E-state index is 6.44. The van der Waals surface area contributed by atoms with Gasteiger partial charge in [-0.1, -0.05) is 12.1 Å². The molecule has 3 saturated heterocycles. The van der Waals surface area contributed by atoms with E-state index in [9.17, 15) is 0 Å². The van der Waals surface area contributed by atoms with Crippen molar-refractivity contribution >= 4 is 27.8 Å². The lowest BCUT2D eigenvalue weighted by Gasteiger charge is -2.30. The number of fused-ring (bicyclic) bond motifs is 4. The summed E-state index contributed by atoms with van der Waals surface area (Å²) in [7, 11) is 0. The van der Waals surface area contributed by atoms with Crippen LogP contribution < -0.4 is 10.2 Å². The first-order valence-electron chi connectivity index (χ1n) is 11.8. The van der Waals surface area contributed by atoms with E-state index in [1.54, 1.807) is 0 Å². The summed E-state index contributed by atoms with van der Waals surface area (Å²) in [5, 5.41) is 4.78. The first-order chi connectivity index (χ1) is 16.2. The van der Waals surface area contributed by atoms with E-state index in [1.165, 1.54) is 6.42 Å². The van der Waals surface area contributed by atoms with E-state index in [-0.39, 0.29) is 5.54 Å². The van der Waals surface area contributed by atoms with Gasteiger partial charge in [-0.05, 0) is 25.5 Å². The molecule has 2 atom stereocenters. The van der Waals surface area contributed by atoms with Gasteiger partial charge in [0.05, 0.1) is 19.8 Å². The van der Waals surface area contributed by atoms with Crippen molar-refractivity contribution in [2.45, 2.75) is 31.5 Å². The number of nitrogens with zero attached hydrogens (tertiary/aromatic N) is 4. The third-order valence-corrected chi connectivity index (χ3v) is 7.43. The number of furan rings is 1. The molecule has 3 aliphatic rings. The molecule has 0 radical (unpaired) electrons. The number of likely N-dealkylation sites (tertiary alicyclic amines) is 1. The number of nitrogens with one attached hydrogen (secondary N) is 2. The van der Waals surface area contributed by atoms with Crippen LogP contribution in [0.1, 0.15) is 19.1 Å². The summed E-state index contributed by atoms with van der Waals surface area (Å²) < 4.78 is 12.0. The van der Waals surface area contributed by atoms with Gasteiger partial charge in [0, 0.05) is 66.5 Å². The zero-order valence-corrected chi connectivity index (χ0v) is 18.8. The van der Waals surface area contributed by atoms with Crippen LogP contribution in [0.3, 0.4) is 0 Å². The summed E-state index contributed by atoms with van der Waals surface area (Å²) in [4.78, 5) is 18.1. The highest BCUT2D eigenvalue weighted by Crippen LogP contribution is 2.36. The molecule has 8 heteroatoms. The summed E-state index contributed by atoms with van der Waals surface area (Å²) >= 11 is 0. The molecule has 8 nitrogen and oxygen atoms in total. The normalized spacial score (nSPS) is 25.6. The second-order valence-electron chi connectivity index (χ2n) is 9.85. The molecule has 170 valence electrons. The number of hydrogen-bond donors (Lipinski definition) is 2. The predicted molar refractivity (Wildman–Crippen MR) is 127 cm³/mol. The Bertz CT molecular complexity index is 1340. The summed E-state index contributed by atoms with van der Waals surface area (Å²) in [6.07, 6.45) is 3.17. The molecule has 3 aromatic heterocycles. The molecule has 33 heavy (non-hydrogen) atoms. The number of piperazine rings is 1.